The summed E-state index contributed by atoms with van der Waals surface area (Å²) < 4.78 is 27.5. The van der Waals surface area contributed by atoms with E-state index in [1.165, 1.54) is 0 Å². The molecule has 1 N–H and O–H groups in total. The molecule has 94 valence electrons. The summed E-state index contributed by atoms with van der Waals surface area (Å²) in [6.45, 7) is 2.66. The quantitative estimate of drug-likeness (QED) is 0.907. The van der Waals surface area contributed by atoms with Crippen LogP contribution < -0.4 is 4.72 Å². The third-order valence-electron chi connectivity index (χ3n) is 3.47. The SMILES string of the molecule is CCC1(CNS(=O)(=O)c2ccccc2Br)CC1. The summed E-state index contributed by atoms with van der Waals surface area (Å²) in [5.74, 6) is 0. The maximum Gasteiger partial charge on any atom is 0.241 e. The monoisotopic (exact) mass is 317 g/mol. The Morgan fingerprint density at radius 1 is 1.35 bits per heavy atom. The zero-order valence-corrected chi connectivity index (χ0v) is 12.1. The van der Waals surface area contributed by atoms with Crippen LogP contribution in [0.1, 0.15) is 26.2 Å². The summed E-state index contributed by atoms with van der Waals surface area (Å²) in [6.07, 6.45) is 3.29. The lowest BCUT2D eigenvalue weighted by Gasteiger charge is -2.14. The summed E-state index contributed by atoms with van der Waals surface area (Å²) in [5.41, 5.74) is 0.217. The second kappa shape index (κ2) is 4.71. The highest BCUT2D eigenvalue weighted by Crippen LogP contribution is 2.48. The fraction of sp³-hybridized carbons (Fsp3) is 0.500. The number of hydrogen-bond donors (Lipinski definition) is 1. The second-order valence-corrected chi connectivity index (χ2v) is 7.20. The molecule has 0 aromatic heterocycles. The average Bonchev–Trinajstić information content (AvgIpc) is 3.08. The predicted octanol–water partition coefficient (Wildman–Crippen LogP) is 2.92. The zero-order chi connectivity index (χ0) is 12.5. The third kappa shape index (κ3) is 2.89. The fourth-order valence-corrected chi connectivity index (χ4v) is 3.98. The van der Waals surface area contributed by atoms with E-state index in [9.17, 15) is 8.42 Å². The van der Waals surface area contributed by atoms with Crippen LogP contribution in [0.3, 0.4) is 0 Å². The van der Waals surface area contributed by atoms with Gasteiger partial charge in [0.25, 0.3) is 0 Å². The Balaban J connectivity index is 2.12. The first kappa shape index (κ1) is 13.1. The van der Waals surface area contributed by atoms with Crippen molar-refractivity contribution in [1.82, 2.24) is 4.72 Å². The van der Waals surface area contributed by atoms with E-state index in [-0.39, 0.29) is 5.41 Å². The molecule has 0 unspecified atom stereocenters. The van der Waals surface area contributed by atoms with E-state index in [0.29, 0.717) is 15.9 Å². The predicted molar refractivity (Wildman–Crippen MR) is 71.3 cm³/mol. The number of benzene rings is 1. The largest absolute Gasteiger partial charge is 0.241 e. The molecule has 0 amide bonds. The van der Waals surface area contributed by atoms with Gasteiger partial charge in [0.1, 0.15) is 0 Å². The van der Waals surface area contributed by atoms with Crippen molar-refractivity contribution in [3.8, 4) is 0 Å². The molecule has 1 aliphatic rings. The maximum absolute atomic E-state index is 12.1. The van der Waals surface area contributed by atoms with Gasteiger partial charge < -0.3 is 0 Å². The van der Waals surface area contributed by atoms with Gasteiger partial charge in [0, 0.05) is 11.0 Å². The maximum atomic E-state index is 12.1. The summed E-state index contributed by atoms with van der Waals surface area (Å²) in [7, 11) is -3.39. The van der Waals surface area contributed by atoms with Gasteiger partial charge in [-0.25, -0.2) is 13.1 Å². The van der Waals surface area contributed by atoms with E-state index >= 15 is 0 Å². The molecule has 1 aromatic rings. The molecular weight excluding hydrogens is 302 g/mol. The van der Waals surface area contributed by atoms with Crippen LogP contribution >= 0.6 is 15.9 Å². The second-order valence-electron chi connectivity index (χ2n) is 4.61. The van der Waals surface area contributed by atoms with Crippen LogP contribution in [0.2, 0.25) is 0 Å². The van der Waals surface area contributed by atoms with E-state index in [1.54, 1.807) is 24.3 Å². The van der Waals surface area contributed by atoms with Crippen molar-refractivity contribution < 1.29 is 8.42 Å². The van der Waals surface area contributed by atoms with Gasteiger partial charge in [0.05, 0.1) is 4.90 Å². The molecule has 1 fully saturated rings. The van der Waals surface area contributed by atoms with Gasteiger partial charge >= 0.3 is 0 Å². The summed E-state index contributed by atoms with van der Waals surface area (Å²) >= 11 is 3.27. The molecule has 2 rings (SSSR count). The van der Waals surface area contributed by atoms with Gasteiger partial charge in [-0.3, -0.25) is 0 Å². The standard InChI is InChI=1S/C12H16BrNO2S/c1-2-12(7-8-12)9-14-17(15,16)11-6-4-3-5-10(11)13/h3-6,14H,2,7-9H2,1H3. The number of rotatable bonds is 5. The van der Waals surface area contributed by atoms with Gasteiger partial charge in [0.2, 0.25) is 10.0 Å². The topological polar surface area (TPSA) is 46.2 Å². The lowest BCUT2D eigenvalue weighted by molar-refractivity contribution is 0.475. The number of nitrogens with one attached hydrogen (secondary N) is 1. The molecule has 0 aliphatic heterocycles. The lowest BCUT2D eigenvalue weighted by Crippen LogP contribution is -2.30. The molecule has 0 atom stereocenters. The Morgan fingerprint density at radius 2 is 2.00 bits per heavy atom. The molecule has 1 saturated carbocycles. The number of halogens is 1. The van der Waals surface area contributed by atoms with Crippen LogP contribution in [-0.4, -0.2) is 15.0 Å². The van der Waals surface area contributed by atoms with Crippen LogP contribution in [0.25, 0.3) is 0 Å². The van der Waals surface area contributed by atoms with Crippen molar-refractivity contribution in [1.29, 1.82) is 0 Å². The Labute approximate surface area is 111 Å². The highest BCUT2D eigenvalue weighted by molar-refractivity contribution is 9.10. The molecule has 1 aromatic carbocycles. The number of sulfonamides is 1. The Hall–Kier alpha value is -0.390. The van der Waals surface area contributed by atoms with Crippen molar-refractivity contribution in [2.45, 2.75) is 31.1 Å². The molecule has 0 spiro atoms. The van der Waals surface area contributed by atoms with Crippen molar-refractivity contribution in [2.75, 3.05) is 6.54 Å². The first-order valence-corrected chi connectivity index (χ1v) is 8.01. The Morgan fingerprint density at radius 3 is 2.53 bits per heavy atom. The molecule has 0 saturated heterocycles. The van der Waals surface area contributed by atoms with Gasteiger partial charge in [-0.05, 0) is 52.7 Å². The van der Waals surface area contributed by atoms with Crippen LogP contribution in [0, 0.1) is 5.41 Å². The molecule has 17 heavy (non-hydrogen) atoms. The molecule has 0 radical (unpaired) electrons. The Bertz CT molecular complexity index is 509. The molecule has 0 heterocycles. The van der Waals surface area contributed by atoms with Crippen molar-refractivity contribution in [3.05, 3.63) is 28.7 Å². The molecule has 5 heteroatoms. The van der Waals surface area contributed by atoms with E-state index in [0.717, 1.165) is 19.3 Å². The van der Waals surface area contributed by atoms with Crippen molar-refractivity contribution >= 4 is 26.0 Å². The normalized spacial score (nSPS) is 18.0. The zero-order valence-electron chi connectivity index (χ0n) is 9.74. The van der Waals surface area contributed by atoms with E-state index < -0.39 is 10.0 Å². The minimum atomic E-state index is -3.39. The molecular formula is C12H16BrNO2S. The smallest absolute Gasteiger partial charge is 0.211 e. The number of hydrogen-bond acceptors (Lipinski definition) is 2. The minimum Gasteiger partial charge on any atom is -0.211 e. The molecule has 1 aliphatic carbocycles. The van der Waals surface area contributed by atoms with Gasteiger partial charge in [-0.15, -0.1) is 0 Å². The lowest BCUT2D eigenvalue weighted by atomic mass is 10.1. The van der Waals surface area contributed by atoms with Crippen LogP contribution in [0.4, 0.5) is 0 Å². The highest BCUT2D eigenvalue weighted by atomic mass is 79.9. The van der Waals surface area contributed by atoms with Crippen LogP contribution in [0.5, 0.6) is 0 Å². The summed E-state index contributed by atoms with van der Waals surface area (Å²) in [5, 5.41) is 0. The van der Waals surface area contributed by atoms with E-state index in [1.807, 2.05) is 0 Å². The van der Waals surface area contributed by atoms with Crippen LogP contribution in [0.15, 0.2) is 33.6 Å². The van der Waals surface area contributed by atoms with Gasteiger partial charge in [-0.1, -0.05) is 19.1 Å². The molecule has 0 bridgehead atoms. The van der Waals surface area contributed by atoms with Gasteiger partial charge in [0.15, 0.2) is 0 Å². The average molecular weight is 318 g/mol. The summed E-state index contributed by atoms with van der Waals surface area (Å²) in [6, 6.07) is 6.88. The van der Waals surface area contributed by atoms with Crippen LogP contribution in [-0.2, 0) is 10.0 Å². The molecule has 3 nitrogen and oxygen atoms in total. The Kier molecular flexibility index (Phi) is 3.61. The highest BCUT2D eigenvalue weighted by Gasteiger charge is 2.41. The third-order valence-corrected chi connectivity index (χ3v) is 5.88. The van der Waals surface area contributed by atoms with E-state index in [2.05, 4.69) is 27.6 Å². The first-order valence-electron chi connectivity index (χ1n) is 5.73. The summed E-state index contributed by atoms with van der Waals surface area (Å²) in [4.78, 5) is 0.312. The van der Waals surface area contributed by atoms with E-state index in [4.69, 9.17) is 0 Å². The fourth-order valence-electron chi connectivity index (χ4n) is 1.82. The van der Waals surface area contributed by atoms with Crippen molar-refractivity contribution in [2.24, 2.45) is 5.41 Å². The minimum absolute atomic E-state index is 0.217. The van der Waals surface area contributed by atoms with Crippen molar-refractivity contribution in [3.63, 3.8) is 0 Å². The van der Waals surface area contributed by atoms with Gasteiger partial charge in [-0.2, -0.15) is 0 Å². The first-order chi connectivity index (χ1) is 7.99.